The molecule has 1 aliphatic heterocycles. The summed E-state index contributed by atoms with van der Waals surface area (Å²) in [6.07, 6.45) is 4.34. The molecule has 2 heterocycles. The van der Waals surface area contributed by atoms with Crippen LogP contribution in [-0.4, -0.2) is 25.8 Å². The van der Waals surface area contributed by atoms with Crippen LogP contribution in [0.3, 0.4) is 0 Å². The van der Waals surface area contributed by atoms with E-state index in [0.29, 0.717) is 0 Å². The van der Waals surface area contributed by atoms with Gasteiger partial charge in [0.2, 0.25) is 0 Å². The van der Waals surface area contributed by atoms with E-state index in [4.69, 9.17) is 16.6 Å². The molecule has 7 heteroatoms. The van der Waals surface area contributed by atoms with Crippen LogP contribution in [0.15, 0.2) is 104 Å². The standard InChI is InChI=1S/C28H23ClN2S2.2ClH/c1-31-16-15-30-26(25-12-6-21(18-27(25)31)22-14-17-32-19-22)13-7-20-4-2-3-5-28(20)33-24-10-8-23(29)9-11-24;;/h2-14,17-19H,15-16H2,1H3;2*1H. The molecule has 0 amide bonds. The van der Waals surface area contributed by atoms with Gasteiger partial charge in [-0.25, -0.2) is 0 Å². The lowest BCUT2D eigenvalue weighted by atomic mass is 10.0. The summed E-state index contributed by atoms with van der Waals surface area (Å²) in [5, 5.41) is 5.08. The van der Waals surface area contributed by atoms with Crippen LogP contribution in [0.25, 0.3) is 17.2 Å². The van der Waals surface area contributed by atoms with Crippen molar-refractivity contribution in [1.82, 2.24) is 0 Å². The molecule has 0 aliphatic carbocycles. The van der Waals surface area contributed by atoms with Gasteiger partial charge in [-0.15, -0.1) is 24.8 Å². The fourth-order valence-electron chi connectivity index (χ4n) is 3.85. The highest BCUT2D eigenvalue weighted by molar-refractivity contribution is 7.99. The van der Waals surface area contributed by atoms with Gasteiger partial charge in [0, 0.05) is 39.7 Å². The number of benzene rings is 3. The Morgan fingerprint density at radius 2 is 1.74 bits per heavy atom. The molecular formula is C28H25Cl3N2S2. The Morgan fingerprint density at radius 3 is 2.51 bits per heavy atom. The molecule has 3 aromatic carbocycles. The Bertz CT molecular complexity index is 1320. The monoisotopic (exact) mass is 558 g/mol. The van der Waals surface area contributed by atoms with E-state index in [1.54, 1.807) is 23.1 Å². The number of halogens is 3. The van der Waals surface area contributed by atoms with Gasteiger partial charge >= 0.3 is 0 Å². The minimum absolute atomic E-state index is 0. The van der Waals surface area contributed by atoms with Gasteiger partial charge in [0.1, 0.15) is 0 Å². The molecule has 0 saturated carbocycles. The summed E-state index contributed by atoms with van der Waals surface area (Å²) in [7, 11) is 2.15. The maximum absolute atomic E-state index is 6.05. The summed E-state index contributed by atoms with van der Waals surface area (Å²) in [6, 6.07) is 25.3. The zero-order chi connectivity index (χ0) is 22.6. The van der Waals surface area contributed by atoms with Crippen LogP contribution in [0.2, 0.25) is 5.02 Å². The number of hydrogen-bond acceptors (Lipinski definition) is 4. The van der Waals surface area contributed by atoms with Crippen molar-refractivity contribution in [3.8, 4) is 11.1 Å². The molecule has 0 spiro atoms. The summed E-state index contributed by atoms with van der Waals surface area (Å²) < 4.78 is 0. The van der Waals surface area contributed by atoms with E-state index >= 15 is 0 Å². The minimum atomic E-state index is 0. The molecular weight excluding hydrogens is 535 g/mol. The normalized spacial score (nSPS) is 12.9. The van der Waals surface area contributed by atoms with Crippen molar-refractivity contribution in [2.24, 2.45) is 4.99 Å². The second kappa shape index (κ2) is 12.7. The van der Waals surface area contributed by atoms with Crippen LogP contribution < -0.4 is 4.90 Å². The van der Waals surface area contributed by atoms with E-state index in [0.717, 1.165) is 23.8 Å². The first-order chi connectivity index (χ1) is 16.2. The van der Waals surface area contributed by atoms with Crippen LogP contribution in [-0.2, 0) is 0 Å². The second-order valence-electron chi connectivity index (χ2n) is 7.86. The number of thiophene rings is 1. The van der Waals surface area contributed by atoms with Gasteiger partial charge in [-0.05, 0) is 76.0 Å². The third kappa shape index (κ3) is 6.52. The number of fused-ring (bicyclic) bond motifs is 1. The molecule has 4 aromatic rings. The predicted octanol–water partition coefficient (Wildman–Crippen LogP) is 9.02. The lowest BCUT2D eigenvalue weighted by Crippen LogP contribution is -2.20. The Morgan fingerprint density at radius 1 is 0.943 bits per heavy atom. The number of aliphatic imine (C=N–C) groups is 1. The number of allylic oxidation sites excluding steroid dienone is 1. The molecule has 0 fully saturated rings. The van der Waals surface area contributed by atoms with Crippen LogP contribution >= 0.6 is 59.5 Å². The van der Waals surface area contributed by atoms with Gasteiger partial charge in [-0.3, -0.25) is 4.99 Å². The van der Waals surface area contributed by atoms with Crippen LogP contribution in [0.4, 0.5) is 5.69 Å². The summed E-state index contributed by atoms with van der Waals surface area (Å²) >= 11 is 9.52. The van der Waals surface area contributed by atoms with Crippen molar-refractivity contribution < 1.29 is 0 Å². The summed E-state index contributed by atoms with van der Waals surface area (Å²) in [6.45, 7) is 1.68. The topological polar surface area (TPSA) is 15.6 Å². The van der Waals surface area contributed by atoms with Gasteiger partial charge < -0.3 is 4.90 Å². The summed E-state index contributed by atoms with van der Waals surface area (Å²) in [4.78, 5) is 9.59. The fraction of sp³-hybridized carbons (Fsp3) is 0.107. The third-order valence-electron chi connectivity index (χ3n) is 5.64. The number of rotatable bonds is 5. The Labute approximate surface area is 232 Å². The molecule has 5 rings (SSSR count). The quantitative estimate of drug-likeness (QED) is 0.242. The number of hydrogen-bond donors (Lipinski definition) is 0. The first-order valence-electron chi connectivity index (χ1n) is 10.8. The lowest BCUT2D eigenvalue weighted by molar-refractivity contribution is 0.897. The molecule has 1 aliphatic rings. The number of nitrogens with zero attached hydrogens (tertiary/aromatic N) is 2. The van der Waals surface area contributed by atoms with Crippen molar-refractivity contribution in [2.75, 3.05) is 25.0 Å². The highest BCUT2D eigenvalue weighted by Gasteiger charge is 2.16. The molecule has 0 radical (unpaired) electrons. The highest BCUT2D eigenvalue weighted by Crippen LogP contribution is 2.33. The molecule has 1 aromatic heterocycles. The zero-order valence-electron chi connectivity index (χ0n) is 19.1. The van der Waals surface area contributed by atoms with Gasteiger partial charge in [0.25, 0.3) is 0 Å². The van der Waals surface area contributed by atoms with E-state index in [2.05, 4.69) is 95.5 Å². The summed E-state index contributed by atoms with van der Waals surface area (Å²) in [5.74, 6) is 0. The largest absolute Gasteiger partial charge is 0.372 e. The van der Waals surface area contributed by atoms with Gasteiger partial charge in [0.15, 0.2) is 0 Å². The smallest absolute Gasteiger partial charge is 0.0668 e. The highest BCUT2D eigenvalue weighted by atomic mass is 35.5. The van der Waals surface area contributed by atoms with Gasteiger partial charge in [-0.1, -0.05) is 59.8 Å². The van der Waals surface area contributed by atoms with Crippen molar-refractivity contribution in [1.29, 1.82) is 0 Å². The number of likely N-dealkylation sites (N-methyl/N-ethyl adjacent to an activating group) is 1. The maximum atomic E-state index is 6.05. The van der Waals surface area contributed by atoms with Gasteiger partial charge in [0.05, 0.1) is 12.3 Å². The van der Waals surface area contributed by atoms with Crippen LogP contribution in [0.5, 0.6) is 0 Å². The van der Waals surface area contributed by atoms with Crippen molar-refractivity contribution >= 4 is 77.0 Å². The molecule has 0 N–H and O–H groups in total. The molecule has 2 nitrogen and oxygen atoms in total. The first-order valence-corrected chi connectivity index (χ1v) is 12.9. The number of anilines is 1. The van der Waals surface area contributed by atoms with E-state index in [1.165, 1.54) is 37.7 Å². The molecule has 0 atom stereocenters. The third-order valence-corrected chi connectivity index (χ3v) is 7.67. The van der Waals surface area contributed by atoms with Crippen molar-refractivity contribution in [3.63, 3.8) is 0 Å². The maximum Gasteiger partial charge on any atom is 0.0668 e. The Balaban J connectivity index is 0.00000171. The Kier molecular flexibility index (Phi) is 9.90. The summed E-state index contributed by atoms with van der Waals surface area (Å²) in [5.41, 5.74) is 7.11. The Hall–Kier alpha value is -2.21. The van der Waals surface area contributed by atoms with E-state index in [1.807, 2.05) is 12.1 Å². The van der Waals surface area contributed by atoms with E-state index in [9.17, 15) is 0 Å². The molecule has 0 saturated heterocycles. The predicted molar refractivity (Wildman–Crippen MR) is 160 cm³/mol. The number of benzodiazepines with no additional fused rings is 1. The molecule has 35 heavy (non-hydrogen) atoms. The SMILES string of the molecule is CN1CCN=C(C=Cc2ccccc2Sc2ccc(Cl)cc2)c2ccc(-c3ccsc3)cc21.Cl.Cl. The van der Waals surface area contributed by atoms with Crippen molar-refractivity contribution in [2.45, 2.75) is 9.79 Å². The lowest BCUT2D eigenvalue weighted by Gasteiger charge is -2.20. The van der Waals surface area contributed by atoms with E-state index < -0.39 is 0 Å². The fourth-order valence-corrected chi connectivity index (χ4v) is 5.57. The van der Waals surface area contributed by atoms with Crippen LogP contribution in [0, 0.1) is 0 Å². The second-order valence-corrected chi connectivity index (χ2v) is 10.2. The first kappa shape index (κ1) is 27.4. The van der Waals surface area contributed by atoms with E-state index in [-0.39, 0.29) is 24.8 Å². The van der Waals surface area contributed by atoms with Crippen molar-refractivity contribution in [3.05, 3.63) is 106 Å². The average molecular weight is 560 g/mol. The molecule has 0 unspecified atom stereocenters. The van der Waals surface area contributed by atoms with Gasteiger partial charge in [-0.2, -0.15) is 11.3 Å². The van der Waals surface area contributed by atoms with Crippen LogP contribution in [0.1, 0.15) is 11.1 Å². The minimum Gasteiger partial charge on any atom is -0.372 e. The molecule has 180 valence electrons. The average Bonchev–Trinajstić information content (AvgIpc) is 3.33. The molecule has 0 bridgehead atoms. The zero-order valence-corrected chi connectivity index (χ0v) is 23.1.